The molecule has 0 unspecified atom stereocenters. The first-order chi connectivity index (χ1) is 23.0. The molecule has 10 nitrogen and oxygen atoms in total. The highest BCUT2D eigenvalue weighted by Crippen LogP contribution is 2.69. The second-order valence-corrected chi connectivity index (χ2v) is 15.7. The summed E-state index contributed by atoms with van der Waals surface area (Å²) in [4.78, 5) is 26.0. The molecule has 3 heterocycles. The van der Waals surface area contributed by atoms with Crippen LogP contribution in [0.25, 0.3) is 10.9 Å². The lowest BCUT2D eigenvalue weighted by atomic mass is 9.49. The molecule has 1 spiro atoms. The van der Waals surface area contributed by atoms with Gasteiger partial charge in [-0.1, -0.05) is 19.9 Å². The number of nitrogens with one attached hydrogen (secondary N) is 2. The van der Waals surface area contributed by atoms with E-state index in [1.807, 2.05) is 45.9 Å². The maximum Gasteiger partial charge on any atom is 0.417 e. The minimum atomic E-state index is -1.06. The zero-order valence-corrected chi connectivity index (χ0v) is 28.9. The predicted octanol–water partition coefficient (Wildman–Crippen LogP) is 6.40. The number of aliphatic imine (C=N–C) groups is 1. The maximum atomic E-state index is 13.3. The van der Waals surface area contributed by atoms with E-state index in [2.05, 4.69) is 28.2 Å². The Morgan fingerprint density at radius 2 is 2.02 bits per heavy atom. The van der Waals surface area contributed by atoms with Crippen LogP contribution in [0, 0.1) is 5.92 Å². The number of rotatable bonds is 7. The fourth-order valence-electron chi connectivity index (χ4n) is 9.06. The number of hydrogen-bond donors (Lipinski definition) is 4. The minimum Gasteiger partial charge on any atom is -0.504 e. The van der Waals surface area contributed by atoms with Crippen molar-refractivity contribution in [2.75, 3.05) is 31.5 Å². The summed E-state index contributed by atoms with van der Waals surface area (Å²) in [7, 11) is 0. The van der Waals surface area contributed by atoms with Gasteiger partial charge >= 0.3 is 6.09 Å². The highest BCUT2D eigenvalue weighted by Gasteiger charge is 2.72. The molecule has 10 heteroatoms. The van der Waals surface area contributed by atoms with Gasteiger partial charge in [-0.05, 0) is 107 Å². The number of fused-ring (bicyclic) bond motifs is 4. The molecular formula is C38H49N5O5. The first kappa shape index (κ1) is 31.5. The van der Waals surface area contributed by atoms with Crippen molar-refractivity contribution in [3.63, 3.8) is 0 Å². The summed E-state index contributed by atoms with van der Waals surface area (Å²) in [6.07, 6.45) is 5.26. The number of likely N-dealkylation sites (tertiary alicyclic amines) is 1. The van der Waals surface area contributed by atoms with Gasteiger partial charge in [-0.25, -0.2) is 9.69 Å². The number of benzene rings is 2. The minimum absolute atomic E-state index is 0.0374. The molecule has 8 rings (SSSR count). The Labute approximate surface area is 282 Å². The van der Waals surface area contributed by atoms with E-state index >= 15 is 0 Å². The van der Waals surface area contributed by atoms with Crippen molar-refractivity contribution in [3.8, 4) is 11.5 Å². The molecular weight excluding hydrogens is 606 g/mol. The van der Waals surface area contributed by atoms with Crippen LogP contribution in [0.3, 0.4) is 0 Å². The van der Waals surface area contributed by atoms with Crippen LogP contribution in [0.15, 0.2) is 35.3 Å². The molecule has 1 saturated carbocycles. The molecule has 2 aliphatic heterocycles. The molecule has 3 aromatic rings. The van der Waals surface area contributed by atoms with E-state index in [1.165, 1.54) is 18.4 Å². The summed E-state index contributed by atoms with van der Waals surface area (Å²) in [5.41, 5.74) is 3.65. The summed E-state index contributed by atoms with van der Waals surface area (Å²) in [6.45, 7) is 12.7. The number of amides is 1. The molecule has 1 amide bonds. The monoisotopic (exact) mass is 655 g/mol. The smallest absolute Gasteiger partial charge is 0.417 e. The molecule has 1 saturated heterocycles. The SMILES string of the molecule is CCCN=C(Nc1ccc2[nH]c3c(c2c1)C[C@@]1(O)[C@@H]2Cc4ccc(O)c5c4[C@@]1(CCN2CC1CC1)[C@H]3O5)N(CCC)C(=O)OC(C)(C)C. The topological polar surface area (TPSA) is 123 Å². The van der Waals surface area contributed by atoms with Crippen LogP contribution in [0.4, 0.5) is 10.5 Å². The second-order valence-electron chi connectivity index (χ2n) is 15.7. The van der Waals surface area contributed by atoms with E-state index < -0.39 is 28.8 Å². The first-order valence-corrected chi connectivity index (χ1v) is 17.9. The van der Waals surface area contributed by atoms with Gasteiger partial charge in [-0.3, -0.25) is 9.89 Å². The third-order valence-electron chi connectivity index (χ3n) is 11.2. The Morgan fingerprint density at radius 1 is 1.21 bits per heavy atom. The average molecular weight is 656 g/mol. The van der Waals surface area contributed by atoms with Crippen LogP contribution < -0.4 is 10.1 Å². The van der Waals surface area contributed by atoms with Crippen molar-refractivity contribution >= 4 is 28.6 Å². The number of anilines is 1. The molecule has 3 aliphatic carbocycles. The molecule has 2 fully saturated rings. The third-order valence-corrected chi connectivity index (χ3v) is 11.2. The fourth-order valence-corrected chi connectivity index (χ4v) is 9.06. The molecule has 2 aromatic carbocycles. The lowest BCUT2D eigenvalue weighted by Crippen LogP contribution is -2.74. The predicted molar refractivity (Wildman–Crippen MR) is 186 cm³/mol. The molecule has 4 atom stereocenters. The summed E-state index contributed by atoms with van der Waals surface area (Å²) >= 11 is 0. The van der Waals surface area contributed by atoms with Gasteiger partial charge < -0.3 is 30.0 Å². The van der Waals surface area contributed by atoms with Crippen LogP contribution in [0.5, 0.6) is 11.5 Å². The Hall–Kier alpha value is -3.76. The Kier molecular flexibility index (Phi) is 7.31. The third kappa shape index (κ3) is 4.73. The van der Waals surface area contributed by atoms with E-state index in [0.29, 0.717) is 37.1 Å². The number of aromatic hydroxyl groups is 1. The van der Waals surface area contributed by atoms with E-state index in [9.17, 15) is 15.0 Å². The van der Waals surface area contributed by atoms with Gasteiger partial charge in [0.1, 0.15) is 5.60 Å². The maximum absolute atomic E-state index is 13.3. The summed E-state index contributed by atoms with van der Waals surface area (Å²) in [6, 6.07) is 9.91. The summed E-state index contributed by atoms with van der Waals surface area (Å²) in [5, 5.41) is 28.7. The number of H-pyrrole nitrogens is 1. The molecule has 0 radical (unpaired) electrons. The zero-order chi connectivity index (χ0) is 33.6. The van der Waals surface area contributed by atoms with E-state index in [4.69, 9.17) is 14.5 Å². The van der Waals surface area contributed by atoms with Crippen molar-refractivity contribution in [2.45, 2.75) is 108 Å². The second kappa shape index (κ2) is 11.1. The number of hydrogen-bond acceptors (Lipinski definition) is 7. The van der Waals surface area contributed by atoms with Crippen molar-refractivity contribution in [1.29, 1.82) is 0 Å². The largest absolute Gasteiger partial charge is 0.504 e. The average Bonchev–Trinajstić information content (AvgIpc) is 3.68. The van der Waals surface area contributed by atoms with Crippen LogP contribution in [-0.4, -0.2) is 80.5 Å². The molecule has 4 N–H and O–H groups in total. The number of piperidine rings is 1. The van der Waals surface area contributed by atoms with Crippen molar-refractivity contribution < 1.29 is 24.5 Å². The van der Waals surface area contributed by atoms with E-state index in [0.717, 1.165) is 72.2 Å². The number of aromatic nitrogens is 1. The van der Waals surface area contributed by atoms with Crippen LogP contribution in [0.2, 0.25) is 0 Å². The van der Waals surface area contributed by atoms with Gasteiger partial charge in [-0.15, -0.1) is 0 Å². The highest BCUT2D eigenvalue weighted by molar-refractivity contribution is 6.03. The Bertz CT molecular complexity index is 1810. The van der Waals surface area contributed by atoms with Gasteiger partial charge in [0, 0.05) is 54.3 Å². The number of phenolic OH excluding ortho intramolecular Hbond substituents is 1. The summed E-state index contributed by atoms with van der Waals surface area (Å²) in [5.74, 6) is 1.86. The van der Waals surface area contributed by atoms with Crippen LogP contribution >= 0.6 is 0 Å². The van der Waals surface area contributed by atoms with Crippen LogP contribution in [0.1, 0.15) is 95.2 Å². The number of carbonyl (C=O) groups is 1. The first-order valence-electron chi connectivity index (χ1n) is 17.9. The molecule has 1 aromatic heterocycles. The highest BCUT2D eigenvalue weighted by atomic mass is 16.6. The molecule has 48 heavy (non-hydrogen) atoms. The number of nitrogens with zero attached hydrogens (tertiary/aromatic N) is 3. The van der Waals surface area contributed by atoms with Gasteiger partial charge in [0.2, 0.25) is 5.96 Å². The number of guanidine groups is 1. The molecule has 5 aliphatic rings. The Morgan fingerprint density at radius 3 is 2.75 bits per heavy atom. The van der Waals surface area contributed by atoms with Crippen molar-refractivity contribution in [2.24, 2.45) is 10.9 Å². The number of aliphatic hydroxyl groups is 1. The lowest BCUT2D eigenvalue weighted by molar-refractivity contribution is -0.173. The summed E-state index contributed by atoms with van der Waals surface area (Å²) < 4.78 is 12.5. The Balaban J connectivity index is 1.20. The van der Waals surface area contributed by atoms with Crippen molar-refractivity contribution in [3.05, 3.63) is 52.7 Å². The lowest BCUT2D eigenvalue weighted by Gasteiger charge is -2.62. The molecule has 256 valence electrons. The normalized spacial score (nSPS) is 27.3. The molecule has 2 bridgehead atoms. The number of aromatic amines is 1. The van der Waals surface area contributed by atoms with Crippen molar-refractivity contribution in [1.82, 2.24) is 14.8 Å². The van der Waals surface area contributed by atoms with Gasteiger partial charge in [0.05, 0.1) is 16.7 Å². The van der Waals surface area contributed by atoms with Gasteiger partial charge in [0.25, 0.3) is 0 Å². The van der Waals surface area contributed by atoms with Crippen LogP contribution in [-0.2, 0) is 23.0 Å². The number of phenols is 1. The standard InChI is InChI=1S/C38H49N5O5/c1-6-15-39-34(43(16-7-2)35(45)48-36(3,4)5)40-24-11-12-27-25(19-24)26-20-38(46)29-18-23-10-13-28(44)32-30(23)37(38,33(47-32)31(26)41-27)14-17-42(29)21-22-8-9-22/h10-13,19,22,29,33,41,44,46H,6-9,14-18,20-21H2,1-5H3,(H,39,40)/t29-,33-,37-,38+/m0/s1. The van der Waals surface area contributed by atoms with Gasteiger partial charge in [0.15, 0.2) is 17.6 Å². The van der Waals surface area contributed by atoms with E-state index in [-0.39, 0.29) is 11.8 Å². The zero-order valence-electron chi connectivity index (χ0n) is 28.9. The number of carbonyl (C=O) groups excluding carboxylic acids is 1. The fraction of sp³-hybridized carbons (Fsp3) is 0.579. The quantitative estimate of drug-likeness (QED) is 0.172. The van der Waals surface area contributed by atoms with Gasteiger partial charge in [-0.2, -0.15) is 0 Å². The van der Waals surface area contributed by atoms with E-state index in [1.54, 1.807) is 11.0 Å². The number of ether oxygens (including phenoxy) is 2.